The molecule has 0 unspecified atom stereocenters. The normalized spacial score (nSPS) is 19.6. The van der Waals surface area contributed by atoms with Crippen molar-refractivity contribution in [2.24, 2.45) is 5.92 Å². The summed E-state index contributed by atoms with van der Waals surface area (Å²) >= 11 is 0. The minimum absolute atomic E-state index is 0.0460. The van der Waals surface area contributed by atoms with E-state index in [4.69, 9.17) is 4.74 Å². The molecule has 2 aromatic rings. The van der Waals surface area contributed by atoms with E-state index in [0.717, 1.165) is 41.8 Å². The largest absolute Gasteiger partial charge is 0.504 e. The second-order valence-corrected chi connectivity index (χ2v) is 7.10. The molecule has 0 bridgehead atoms. The van der Waals surface area contributed by atoms with Crippen LogP contribution in [0.25, 0.3) is 11.1 Å². The lowest BCUT2D eigenvalue weighted by molar-refractivity contribution is -0.135. The van der Waals surface area contributed by atoms with Gasteiger partial charge in [0.15, 0.2) is 11.5 Å². The smallest absolute Gasteiger partial charge is 0.227 e. The fourth-order valence-electron chi connectivity index (χ4n) is 3.86. The lowest BCUT2D eigenvalue weighted by Crippen LogP contribution is -2.37. The van der Waals surface area contributed by atoms with Crippen molar-refractivity contribution in [2.75, 3.05) is 26.2 Å². The maximum atomic E-state index is 12.8. The Balaban J connectivity index is 1.68. The first kappa shape index (κ1) is 16.9. The van der Waals surface area contributed by atoms with Gasteiger partial charge in [0, 0.05) is 18.7 Å². The third kappa shape index (κ3) is 3.15. The van der Waals surface area contributed by atoms with Crippen molar-refractivity contribution in [1.82, 2.24) is 10.2 Å². The first-order chi connectivity index (χ1) is 12.6. The third-order valence-electron chi connectivity index (χ3n) is 5.29. The molecular weight excluding hydrogens is 328 g/mol. The van der Waals surface area contributed by atoms with E-state index in [1.54, 1.807) is 6.07 Å². The van der Waals surface area contributed by atoms with E-state index in [2.05, 4.69) is 18.3 Å². The van der Waals surface area contributed by atoms with Gasteiger partial charge in [-0.2, -0.15) is 0 Å². The Hall–Kier alpha value is -2.53. The van der Waals surface area contributed by atoms with E-state index < -0.39 is 0 Å². The monoisotopic (exact) mass is 352 g/mol. The number of carbonyl (C=O) groups excluding carboxylic acids is 1. The molecule has 2 aliphatic rings. The molecule has 1 saturated heterocycles. The molecule has 0 aliphatic carbocycles. The Morgan fingerprint density at radius 2 is 2.15 bits per heavy atom. The highest BCUT2D eigenvalue weighted by Gasteiger charge is 2.29. The van der Waals surface area contributed by atoms with Crippen molar-refractivity contribution in [3.8, 4) is 22.6 Å². The quantitative estimate of drug-likeness (QED) is 0.872. The number of nitrogens with one attached hydrogen (secondary N) is 1. The molecule has 26 heavy (non-hydrogen) atoms. The van der Waals surface area contributed by atoms with E-state index in [0.29, 0.717) is 25.4 Å². The van der Waals surface area contributed by atoms with Crippen LogP contribution in [-0.2, 0) is 11.3 Å². The highest BCUT2D eigenvalue weighted by Crippen LogP contribution is 2.38. The molecular formula is C21H24N2O3. The van der Waals surface area contributed by atoms with Crippen molar-refractivity contribution >= 4 is 5.91 Å². The van der Waals surface area contributed by atoms with Crippen LogP contribution in [-0.4, -0.2) is 42.2 Å². The lowest BCUT2D eigenvalue weighted by atomic mass is 9.97. The van der Waals surface area contributed by atoms with Crippen molar-refractivity contribution in [1.29, 1.82) is 0 Å². The molecule has 0 saturated carbocycles. The van der Waals surface area contributed by atoms with Gasteiger partial charge in [0.25, 0.3) is 0 Å². The number of phenols is 1. The predicted molar refractivity (Wildman–Crippen MR) is 100 cm³/mol. The number of carbonyl (C=O) groups is 1. The second kappa shape index (κ2) is 7.00. The van der Waals surface area contributed by atoms with Gasteiger partial charge in [-0.05, 0) is 48.7 Å². The summed E-state index contributed by atoms with van der Waals surface area (Å²) in [7, 11) is 0. The Morgan fingerprint density at radius 1 is 1.31 bits per heavy atom. The summed E-state index contributed by atoms with van der Waals surface area (Å²) in [5, 5.41) is 13.8. The lowest BCUT2D eigenvalue weighted by Gasteiger charge is -2.23. The van der Waals surface area contributed by atoms with Crippen LogP contribution >= 0.6 is 0 Å². The molecule has 2 aliphatic heterocycles. The molecule has 4 rings (SSSR count). The molecule has 1 amide bonds. The number of rotatable bonds is 2. The molecule has 0 radical (unpaired) electrons. The van der Waals surface area contributed by atoms with Gasteiger partial charge in [-0.1, -0.05) is 24.3 Å². The number of hydrogen-bond donors (Lipinski definition) is 2. The van der Waals surface area contributed by atoms with Crippen molar-refractivity contribution < 1.29 is 14.6 Å². The van der Waals surface area contributed by atoms with Gasteiger partial charge in [0.05, 0.1) is 12.5 Å². The molecule has 5 nitrogen and oxygen atoms in total. The Morgan fingerprint density at radius 3 is 2.92 bits per heavy atom. The molecule has 0 aromatic heterocycles. The van der Waals surface area contributed by atoms with Gasteiger partial charge < -0.3 is 20.1 Å². The molecule has 0 spiro atoms. The SMILES string of the molecule is Cc1ccccc1-c1cc(O)c2c(c1)CN(C(=O)[C@H]1CCNC1)CCO2. The number of fused-ring (bicyclic) bond motifs is 1. The van der Waals surface area contributed by atoms with E-state index in [1.165, 1.54) is 0 Å². The maximum Gasteiger partial charge on any atom is 0.227 e. The zero-order valence-corrected chi connectivity index (χ0v) is 15.0. The number of ether oxygens (including phenoxy) is 1. The second-order valence-electron chi connectivity index (χ2n) is 7.10. The van der Waals surface area contributed by atoms with Gasteiger partial charge in [0.1, 0.15) is 6.61 Å². The third-order valence-corrected chi connectivity index (χ3v) is 5.29. The van der Waals surface area contributed by atoms with Crippen LogP contribution in [0.5, 0.6) is 11.5 Å². The molecule has 1 fully saturated rings. The van der Waals surface area contributed by atoms with Crippen LogP contribution in [0.4, 0.5) is 0 Å². The number of nitrogens with zero attached hydrogens (tertiary/aromatic N) is 1. The van der Waals surface area contributed by atoms with Gasteiger partial charge >= 0.3 is 0 Å². The summed E-state index contributed by atoms with van der Waals surface area (Å²) in [6.07, 6.45) is 0.886. The molecule has 136 valence electrons. The fraction of sp³-hybridized carbons (Fsp3) is 0.381. The van der Waals surface area contributed by atoms with Gasteiger partial charge in [-0.25, -0.2) is 0 Å². The highest BCUT2D eigenvalue weighted by molar-refractivity contribution is 5.80. The molecule has 2 heterocycles. The van der Waals surface area contributed by atoms with Gasteiger partial charge in [-0.3, -0.25) is 4.79 Å². The van der Waals surface area contributed by atoms with E-state index >= 15 is 0 Å². The highest BCUT2D eigenvalue weighted by atomic mass is 16.5. The summed E-state index contributed by atoms with van der Waals surface area (Å²) in [5.74, 6) is 0.858. The molecule has 2 aromatic carbocycles. The summed E-state index contributed by atoms with van der Waals surface area (Å²) < 4.78 is 5.78. The number of amides is 1. The van der Waals surface area contributed by atoms with Crippen molar-refractivity contribution in [3.63, 3.8) is 0 Å². The average molecular weight is 352 g/mol. The van der Waals surface area contributed by atoms with Gasteiger partial charge in [-0.15, -0.1) is 0 Å². The van der Waals surface area contributed by atoms with Crippen molar-refractivity contribution in [2.45, 2.75) is 19.9 Å². The fourth-order valence-corrected chi connectivity index (χ4v) is 3.86. The van der Waals surface area contributed by atoms with Crippen LogP contribution in [0, 0.1) is 12.8 Å². The number of hydrogen-bond acceptors (Lipinski definition) is 4. The van der Waals surface area contributed by atoms with Gasteiger partial charge in [0.2, 0.25) is 5.91 Å². The summed E-state index contributed by atoms with van der Waals surface area (Å²) in [6.45, 7) is 5.11. The Bertz CT molecular complexity index is 828. The minimum Gasteiger partial charge on any atom is -0.504 e. The predicted octanol–water partition coefficient (Wildman–Crippen LogP) is 2.70. The van der Waals surface area contributed by atoms with E-state index in [9.17, 15) is 9.90 Å². The Kier molecular flexibility index (Phi) is 4.55. The summed E-state index contributed by atoms with van der Waals surface area (Å²) in [4.78, 5) is 14.7. The minimum atomic E-state index is 0.0460. The zero-order chi connectivity index (χ0) is 18.1. The van der Waals surface area contributed by atoms with Crippen LogP contribution in [0.15, 0.2) is 36.4 Å². The topological polar surface area (TPSA) is 61.8 Å². The molecule has 2 N–H and O–H groups in total. The Labute approximate surface area is 153 Å². The number of benzene rings is 2. The van der Waals surface area contributed by atoms with E-state index in [1.807, 2.05) is 29.2 Å². The molecule has 5 heteroatoms. The first-order valence-corrected chi connectivity index (χ1v) is 9.17. The summed E-state index contributed by atoms with van der Waals surface area (Å²) in [6, 6.07) is 11.9. The maximum absolute atomic E-state index is 12.8. The van der Waals surface area contributed by atoms with Crippen LogP contribution in [0.3, 0.4) is 0 Å². The standard InChI is InChI=1S/C21H24N2O3/c1-14-4-2-3-5-18(14)16-10-17-13-23(21(25)15-6-7-22-12-15)8-9-26-20(17)19(24)11-16/h2-5,10-11,15,22,24H,6-9,12-13H2,1H3/t15-/m0/s1. The number of aromatic hydroxyl groups is 1. The number of aryl methyl sites for hydroxylation is 1. The number of phenolic OH excluding ortho intramolecular Hbond substituents is 1. The first-order valence-electron chi connectivity index (χ1n) is 9.17. The summed E-state index contributed by atoms with van der Waals surface area (Å²) in [5.41, 5.74) is 4.03. The van der Waals surface area contributed by atoms with Crippen LogP contribution in [0.1, 0.15) is 17.5 Å². The average Bonchev–Trinajstić information content (AvgIpc) is 3.08. The van der Waals surface area contributed by atoms with Crippen molar-refractivity contribution in [3.05, 3.63) is 47.5 Å². The zero-order valence-electron chi connectivity index (χ0n) is 15.0. The van der Waals surface area contributed by atoms with E-state index in [-0.39, 0.29) is 17.6 Å². The van der Waals surface area contributed by atoms with Crippen LogP contribution < -0.4 is 10.1 Å². The van der Waals surface area contributed by atoms with Crippen LogP contribution in [0.2, 0.25) is 0 Å². The molecule has 1 atom stereocenters.